The fourth-order valence-corrected chi connectivity index (χ4v) is 2.93. The SMILES string of the molecule is CCCNC(c1ccc(C)nc1)c1nc(C)c(C)s1. The van der Waals surface area contributed by atoms with E-state index < -0.39 is 0 Å². The van der Waals surface area contributed by atoms with Crippen LogP contribution in [0.25, 0.3) is 0 Å². The Hall–Kier alpha value is -1.26. The van der Waals surface area contributed by atoms with E-state index in [9.17, 15) is 0 Å². The molecule has 0 amide bonds. The molecule has 1 atom stereocenters. The van der Waals surface area contributed by atoms with Crippen molar-refractivity contribution in [3.05, 3.63) is 45.2 Å². The second kappa shape index (κ2) is 6.26. The molecule has 0 bridgehead atoms. The molecule has 2 aromatic rings. The number of hydrogen-bond acceptors (Lipinski definition) is 4. The molecule has 2 aromatic heterocycles. The lowest BCUT2D eigenvalue weighted by molar-refractivity contribution is 0.593. The maximum absolute atomic E-state index is 4.69. The average molecular weight is 275 g/mol. The summed E-state index contributed by atoms with van der Waals surface area (Å²) in [7, 11) is 0. The van der Waals surface area contributed by atoms with E-state index >= 15 is 0 Å². The summed E-state index contributed by atoms with van der Waals surface area (Å²) in [6.45, 7) is 9.36. The number of rotatable bonds is 5. The van der Waals surface area contributed by atoms with Crippen LogP contribution in [0.1, 0.15) is 46.2 Å². The van der Waals surface area contributed by atoms with Gasteiger partial charge in [0.05, 0.1) is 11.7 Å². The summed E-state index contributed by atoms with van der Waals surface area (Å²) in [5.41, 5.74) is 3.36. The highest BCUT2D eigenvalue weighted by Gasteiger charge is 2.18. The van der Waals surface area contributed by atoms with Gasteiger partial charge in [0.1, 0.15) is 5.01 Å². The van der Waals surface area contributed by atoms with Crippen LogP contribution in [0, 0.1) is 20.8 Å². The van der Waals surface area contributed by atoms with E-state index in [4.69, 9.17) is 4.98 Å². The first-order valence-corrected chi connectivity index (χ1v) is 7.53. The first-order chi connectivity index (χ1) is 9.11. The molecule has 0 fully saturated rings. The van der Waals surface area contributed by atoms with Crippen molar-refractivity contribution in [2.75, 3.05) is 6.54 Å². The van der Waals surface area contributed by atoms with Crippen molar-refractivity contribution in [1.82, 2.24) is 15.3 Å². The number of nitrogens with zero attached hydrogens (tertiary/aromatic N) is 2. The van der Waals surface area contributed by atoms with Crippen molar-refractivity contribution in [3.63, 3.8) is 0 Å². The maximum Gasteiger partial charge on any atom is 0.115 e. The predicted molar refractivity (Wildman–Crippen MR) is 80.7 cm³/mol. The predicted octanol–water partition coefficient (Wildman–Crippen LogP) is 3.55. The molecule has 4 heteroatoms. The first kappa shape index (κ1) is 14.2. The first-order valence-electron chi connectivity index (χ1n) is 6.71. The highest BCUT2D eigenvalue weighted by atomic mass is 32.1. The van der Waals surface area contributed by atoms with Gasteiger partial charge >= 0.3 is 0 Å². The molecule has 102 valence electrons. The van der Waals surface area contributed by atoms with E-state index in [-0.39, 0.29) is 6.04 Å². The zero-order valence-electron chi connectivity index (χ0n) is 12.0. The zero-order chi connectivity index (χ0) is 13.8. The molecule has 0 aliphatic rings. The molecule has 1 unspecified atom stereocenters. The molecule has 2 heterocycles. The van der Waals surface area contributed by atoms with Gasteiger partial charge in [-0.05, 0) is 45.4 Å². The Kier molecular flexibility index (Phi) is 4.66. The van der Waals surface area contributed by atoms with Crippen LogP contribution in [0.5, 0.6) is 0 Å². The van der Waals surface area contributed by atoms with Crippen LogP contribution in [0.3, 0.4) is 0 Å². The molecule has 1 N–H and O–H groups in total. The molecule has 2 rings (SSSR count). The van der Waals surface area contributed by atoms with Gasteiger partial charge in [0, 0.05) is 16.8 Å². The summed E-state index contributed by atoms with van der Waals surface area (Å²) in [5.74, 6) is 0. The zero-order valence-corrected chi connectivity index (χ0v) is 12.8. The number of pyridine rings is 1. The minimum absolute atomic E-state index is 0.158. The van der Waals surface area contributed by atoms with Crippen molar-refractivity contribution in [2.24, 2.45) is 0 Å². The number of aryl methyl sites for hydroxylation is 3. The molecule has 0 radical (unpaired) electrons. The molecule has 0 aromatic carbocycles. The van der Waals surface area contributed by atoms with Crippen LogP contribution in [0.4, 0.5) is 0 Å². The Labute approximate surface area is 119 Å². The standard InChI is InChI=1S/C15H21N3S/c1-5-8-16-14(13-7-6-10(2)17-9-13)15-18-11(3)12(4)19-15/h6-7,9,14,16H,5,8H2,1-4H3. The lowest BCUT2D eigenvalue weighted by atomic mass is 10.1. The number of aromatic nitrogens is 2. The summed E-state index contributed by atoms with van der Waals surface area (Å²) in [4.78, 5) is 10.4. The van der Waals surface area contributed by atoms with Gasteiger partial charge in [0.15, 0.2) is 0 Å². The summed E-state index contributed by atoms with van der Waals surface area (Å²) < 4.78 is 0. The quantitative estimate of drug-likeness (QED) is 0.906. The lowest BCUT2D eigenvalue weighted by Crippen LogP contribution is -2.23. The summed E-state index contributed by atoms with van der Waals surface area (Å²) in [6.07, 6.45) is 3.06. The second-order valence-corrected chi connectivity index (χ2v) is 6.05. The third-order valence-corrected chi connectivity index (χ3v) is 4.30. The Bertz CT molecular complexity index is 511. The fraction of sp³-hybridized carbons (Fsp3) is 0.467. The van der Waals surface area contributed by atoms with E-state index in [2.05, 4.69) is 43.2 Å². The average Bonchev–Trinajstić information content (AvgIpc) is 2.72. The van der Waals surface area contributed by atoms with Crippen LogP contribution in [0.2, 0.25) is 0 Å². The van der Waals surface area contributed by atoms with Crippen molar-refractivity contribution in [1.29, 1.82) is 0 Å². The Morgan fingerprint density at radius 3 is 2.58 bits per heavy atom. The van der Waals surface area contributed by atoms with Gasteiger partial charge in [-0.1, -0.05) is 13.0 Å². The third kappa shape index (κ3) is 3.39. The molecule has 19 heavy (non-hydrogen) atoms. The summed E-state index contributed by atoms with van der Waals surface area (Å²) >= 11 is 1.77. The molecular weight excluding hydrogens is 254 g/mol. The van der Waals surface area contributed by atoms with Crippen LogP contribution < -0.4 is 5.32 Å². The van der Waals surface area contributed by atoms with Gasteiger partial charge in [-0.25, -0.2) is 4.98 Å². The number of nitrogens with one attached hydrogen (secondary N) is 1. The largest absolute Gasteiger partial charge is 0.304 e. The fourth-order valence-electron chi connectivity index (χ4n) is 1.91. The Balaban J connectivity index is 2.32. The highest BCUT2D eigenvalue weighted by molar-refractivity contribution is 7.11. The van der Waals surface area contributed by atoms with Gasteiger partial charge in [0.25, 0.3) is 0 Å². The van der Waals surface area contributed by atoms with Crippen molar-refractivity contribution >= 4 is 11.3 Å². The highest BCUT2D eigenvalue weighted by Crippen LogP contribution is 2.27. The van der Waals surface area contributed by atoms with Gasteiger partial charge in [0.2, 0.25) is 0 Å². The molecule has 3 nitrogen and oxygen atoms in total. The lowest BCUT2D eigenvalue weighted by Gasteiger charge is -2.16. The number of hydrogen-bond donors (Lipinski definition) is 1. The Morgan fingerprint density at radius 2 is 2.05 bits per heavy atom. The summed E-state index contributed by atoms with van der Waals surface area (Å²) in [6, 6.07) is 4.36. The van der Waals surface area contributed by atoms with E-state index in [1.807, 2.05) is 13.1 Å². The molecule has 0 saturated heterocycles. The molecule has 0 aliphatic heterocycles. The van der Waals surface area contributed by atoms with Crippen molar-refractivity contribution in [2.45, 2.75) is 40.2 Å². The van der Waals surface area contributed by atoms with Gasteiger partial charge in [-0.15, -0.1) is 11.3 Å². The number of thiazole rings is 1. The molecule has 0 saturated carbocycles. The van der Waals surface area contributed by atoms with Gasteiger partial charge in [-0.3, -0.25) is 4.98 Å². The van der Waals surface area contributed by atoms with E-state index in [1.54, 1.807) is 11.3 Å². The Morgan fingerprint density at radius 1 is 1.26 bits per heavy atom. The van der Waals surface area contributed by atoms with Crippen molar-refractivity contribution < 1.29 is 0 Å². The minimum Gasteiger partial charge on any atom is -0.304 e. The normalized spacial score (nSPS) is 12.6. The smallest absolute Gasteiger partial charge is 0.115 e. The maximum atomic E-state index is 4.69. The van der Waals surface area contributed by atoms with Gasteiger partial charge in [-0.2, -0.15) is 0 Å². The third-order valence-electron chi connectivity index (χ3n) is 3.16. The topological polar surface area (TPSA) is 37.8 Å². The molecule has 0 aliphatic carbocycles. The monoisotopic (exact) mass is 275 g/mol. The van der Waals surface area contributed by atoms with Gasteiger partial charge < -0.3 is 5.32 Å². The molecule has 0 spiro atoms. The summed E-state index contributed by atoms with van der Waals surface area (Å²) in [5, 5.41) is 4.70. The van der Waals surface area contributed by atoms with E-state index in [1.165, 1.54) is 10.4 Å². The minimum atomic E-state index is 0.158. The van der Waals surface area contributed by atoms with Crippen LogP contribution in [-0.2, 0) is 0 Å². The van der Waals surface area contributed by atoms with Crippen LogP contribution in [-0.4, -0.2) is 16.5 Å². The van der Waals surface area contributed by atoms with Crippen LogP contribution >= 0.6 is 11.3 Å². The molecular formula is C15H21N3S. The van der Waals surface area contributed by atoms with E-state index in [0.717, 1.165) is 29.4 Å². The van der Waals surface area contributed by atoms with E-state index in [0.29, 0.717) is 0 Å². The second-order valence-electron chi connectivity index (χ2n) is 4.81. The van der Waals surface area contributed by atoms with Crippen LogP contribution in [0.15, 0.2) is 18.3 Å². The van der Waals surface area contributed by atoms with Crippen molar-refractivity contribution in [3.8, 4) is 0 Å².